The van der Waals surface area contributed by atoms with Crippen LogP contribution in [0, 0.1) is 5.95 Å². The van der Waals surface area contributed by atoms with E-state index in [4.69, 9.17) is 9.47 Å². The smallest absolute Gasteiger partial charge is 0.416 e. The number of ether oxygens (including phenoxy) is 2. The molecule has 0 bridgehead atoms. The van der Waals surface area contributed by atoms with Crippen LogP contribution in [0.5, 0.6) is 5.88 Å². The van der Waals surface area contributed by atoms with Crippen LogP contribution >= 0.6 is 15.9 Å². The van der Waals surface area contributed by atoms with Gasteiger partial charge in [0.15, 0.2) is 0 Å². The molecule has 25 heavy (non-hydrogen) atoms. The van der Waals surface area contributed by atoms with Crippen molar-refractivity contribution in [1.82, 2.24) is 9.97 Å². The molecule has 8 heteroatoms. The summed E-state index contributed by atoms with van der Waals surface area (Å²) in [6.45, 7) is 5.40. The fraction of sp³-hybridized carbons (Fsp3) is 0.353. The molecule has 2 rings (SSSR count). The number of rotatable bonds is 4. The molecule has 6 nitrogen and oxygen atoms in total. The third kappa shape index (κ3) is 5.38. The van der Waals surface area contributed by atoms with Gasteiger partial charge in [-0.15, -0.1) is 0 Å². The topological polar surface area (TPSA) is 64.5 Å². The Morgan fingerprint density at radius 1 is 1.32 bits per heavy atom. The molecule has 0 aliphatic carbocycles. The average molecular weight is 412 g/mol. The molecule has 134 valence electrons. The zero-order valence-electron chi connectivity index (χ0n) is 14.4. The van der Waals surface area contributed by atoms with Gasteiger partial charge in [-0.25, -0.2) is 14.8 Å². The van der Waals surface area contributed by atoms with Crippen LogP contribution in [0.25, 0.3) is 0 Å². The minimum Gasteiger partial charge on any atom is -0.481 e. The number of aromatic nitrogens is 2. The minimum absolute atomic E-state index is 0.127. The van der Waals surface area contributed by atoms with Crippen LogP contribution in [0.1, 0.15) is 26.3 Å². The Bertz CT molecular complexity index is 765. The standard InChI is InChI=1S/C17H19BrFN3O3/c1-17(2,3)25-16(23)22(13-6-5-12(18)15(19)21-13)10-11-7-8-20-14(9-11)24-4/h5-9H,10H2,1-4H3. The van der Waals surface area contributed by atoms with Gasteiger partial charge in [-0.2, -0.15) is 4.39 Å². The molecule has 0 saturated heterocycles. The Morgan fingerprint density at radius 3 is 2.64 bits per heavy atom. The first-order valence-electron chi connectivity index (χ1n) is 7.51. The molecule has 0 N–H and O–H groups in total. The number of nitrogens with zero attached hydrogens (tertiary/aromatic N) is 3. The fourth-order valence-corrected chi connectivity index (χ4v) is 2.18. The van der Waals surface area contributed by atoms with Crippen LogP contribution in [0.2, 0.25) is 0 Å². The number of amides is 1. The van der Waals surface area contributed by atoms with Crippen molar-refractivity contribution in [2.24, 2.45) is 0 Å². The second-order valence-corrected chi connectivity index (χ2v) is 7.07. The summed E-state index contributed by atoms with van der Waals surface area (Å²) in [5.74, 6) is -0.152. The SMILES string of the molecule is COc1cc(CN(C(=O)OC(C)(C)C)c2ccc(Br)c(F)n2)ccn1. The Balaban J connectivity index is 2.37. The average Bonchev–Trinajstić information content (AvgIpc) is 2.54. The fourth-order valence-electron chi connectivity index (χ4n) is 1.96. The maximum atomic E-state index is 13.8. The first-order valence-corrected chi connectivity index (χ1v) is 8.30. The summed E-state index contributed by atoms with van der Waals surface area (Å²) in [5.41, 5.74) is 0.0435. The van der Waals surface area contributed by atoms with E-state index in [0.717, 1.165) is 5.56 Å². The predicted octanol–water partition coefficient (Wildman–Crippen LogP) is 4.33. The quantitative estimate of drug-likeness (QED) is 0.700. The van der Waals surface area contributed by atoms with Gasteiger partial charge in [-0.1, -0.05) is 0 Å². The van der Waals surface area contributed by atoms with E-state index >= 15 is 0 Å². The van der Waals surface area contributed by atoms with Crippen LogP contribution in [0.4, 0.5) is 15.0 Å². The normalized spacial score (nSPS) is 11.1. The summed E-state index contributed by atoms with van der Waals surface area (Å²) in [7, 11) is 1.50. The van der Waals surface area contributed by atoms with Gasteiger partial charge in [0.1, 0.15) is 11.4 Å². The van der Waals surface area contributed by atoms with E-state index in [1.54, 1.807) is 39.1 Å². The molecule has 0 atom stereocenters. The van der Waals surface area contributed by atoms with E-state index < -0.39 is 17.6 Å². The monoisotopic (exact) mass is 411 g/mol. The third-order valence-corrected chi connectivity index (χ3v) is 3.62. The van der Waals surface area contributed by atoms with E-state index in [2.05, 4.69) is 25.9 Å². The lowest BCUT2D eigenvalue weighted by Gasteiger charge is -2.27. The number of hydrogen-bond donors (Lipinski definition) is 0. The summed E-state index contributed by atoms with van der Waals surface area (Å²) < 4.78 is 24.6. The summed E-state index contributed by atoms with van der Waals surface area (Å²) in [4.78, 5) is 21.7. The predicted molar refractivity (Wildman–Crippen MR) is 95.1 cm³/mol. The van der Waals surface area contributed by atoms with Crippen molar-refractivity contribution in [1.29, 1.82) is 0 Å². The molecule has 2 aromatic rings. The molecule has 0 aliphatic rings. The maximum absolute atomic E-state index is 13.8. The van der Waals surface area contributed by atoms with Gasteiger partial charge in [0.25, 0.3) is 0 Å². The van der Waals surface area contributed by atoms with Crippen LogP contribution in [-0.4, -0.2) is 28.8 Å². The highest BCUT2D eigenvalue weighted by Gasteiger charge is 2.25. The molecule has 0 spiro atoms. The highest BCUT2D eigenvalue weighted by Crippen LogP contribution is 2.23. The molecule has 0 aromatic carbocycles. The van der Waals surface area contributed by atoms with Gasteiger partial charge in [0.2, 0.25) is 11.8 Å². The molecule has 2 heterocycles. The molecule has 2 aromatic heterocycles. The Kier molecular flexibility index (Phi) is 5.94. The lowest BCUT2D eigenvalue weighted by Crippen LogP contribution is -2.37. The van der Waals surface area contributed by atoms with E-state index in [0.29, 0.717) is 5.88 Å². The maximum Gasteiger partial charge on any atom is 0.416 e. The first-order chi connectivity index (χ1) is 11.7. The van der Waals surface area contributed by atoms with E-state index in [1.807, 2.05) is 0 Å². The van der Waals surface area contributed by atoms with Crippen LogP contribution in [0.15, 0.2) is 34.9 Å². The zero-order valence-corrected chi connectivity index (χ0v) is 16.0. The van der Waals surface area contributed by atoms with Crippen molar-refractivity contribution in [2.75, 3.05) is 12.0 Å². The number of halogens is 2. The van der Waals surface area contributed by atoms with Crippen molar-refractivity contribution in [3.63, 3.8) is 0 Å². The van der Waals surface area contributed by atoms with Gasteiger partial charge in [0, 0.05) is 12.3 Å². The van der Waals surface area contributed by atoms with Crippen molar-refractivity contribution >= 4 is 27.8 Å². The van der Waals surface area contributed by atoms with Gasteiger partial charge in [-0.3, -0.25) is 4.90 Å². The van der Waals surface area contributed by atoms with Gasteiger partial charge < -0.3 is 9.47 Å². The molecular weight excluding hydrogens is 393 g/mol. The highest BCUT2D eigenvalue weighted by molar-refractivity contribution is 9.10. The summed E-state index contributed by atoms with van der Waals surface area (Å²) in [6, 6.07) is 6.44. The largest absolute Gasteiger partial charge is 0.481 e. The van der Waals surface area contributed by atoms with Gasteiger partial charge in [0.05, 0.1) is 18.1 Å². The second kappa shape index (κ2) is 7.77. The molecule has 0 fully saturated rings. The number of methoxy groups -OCH3 is 1. The highest BCUT2D eigenvalue weighted by atomic mass is 79.9. The van der Waals surface area contributed by atoms with Crippen molar-refractivity contribution in [3.8, 4) is 5.88 Å². The van der Waals surface area contributed by atoms with Crippen molar-refractivity contribution in [3.05, 3.63) is 46.4 Å². The Labute approximate surface area is 154 Å². The van der Waals surface area contributed by atoms with Crippen LogP contribution in [0.3, 0.4) is 0 Å². The van der Waals surface area contributed by atoms with E-state index in [1.165, 1.54) is 24.1 Å². The van der Waals surface area contributed by atoms with Crippen LogP contribution in [-0.2, 0) is 11.3 Å². The summed E-state index contributed by atoms with van der Waals surface area (Å²) in [6.07, 6.45) is 0.939. The van der Waals surface area contributed by atoms with E-state index in [-0.39, 0.29) is 16.8 Å². The van der Waals surface area contributed by atoms with Gasteiger partial charge >= 0.3 is 6.09 Å². The third-order valence-electron chi connectivity index (χ3n) is 3.03. The molecule has 0 unspecified atom stereocenters. The molecule has 0 saturated carbocycles. The Hall–Kier alpha value is -2.22. The lowest BCUT2D eigenvalue weighted by atomic mass is 10.2. The molecule has 0 radical (unpaired) electrons. The number of hydrogen-bond acceptors (Lipinski definition) is 5. The zero-order chi connectivity index (χ0) is 18.6. The number of anilines is 1. The van der Waals surface area contributed by atoms with Crippen molar-refractivity contribution in [2.45, 2.75) is 32.9 Å². The molecule has 0 aliphatic heterocycles. The Morgan fingerprint density at radius 2 is 2.04 bits per heavy atom. The molecule has 1 amide bonds. The lowest BCUT2D eigenvalue weighted by molar-refractivity contribution is 0.0576. The number of pyridine rings is 2. The second-order valence-electron chi connectivity index (χ2n) is 6.22. The van der Waals surface area contributed by atoms with E-state index in [9.17, 15) is 9.18 Å². The van der Waals surface area contributed by atoms with Gasteiger partial charge in [-0.05, 0) is 60.5 Å². The summed E-state index contributed by atoms with van der Waals surface area (Å²) >= 11 is 3.05. The number of carbonyl (C=O) groups excluding carboxylic acids is 1. The van der Waals surface area contributed by atoms with Crippen molar-refractivity contribution < 1.29 is 18.7 Å². The molecular formula is C17H19BrFN3O3. The number of carbonyl (C=O) groups is 1. The first kappa shape index (κ1) is 19.1. The minimum atomic E-state index is -0.710. The summed E-state index contributed by atoms with van der Waals surface area (Å²) in [5, 5.41) is 0. The van der Waals surface area contributed by atoms with Crippen LogP contribution < -0.4 is 9.64 Å².